The fraction of sp³-hybridized carbons (Fsp3) is 0.395. The number of para-hydroxylation sites is 2. The Morgan fingerprint density at radius 3 is 2.42 bits per heavy atom. The van der Waals surface area contributed by atoms with Crippen LogP contribution in [0.15, 0.2) is 95.2 Å². The summed E-state index contributed by atoms with van der Waals surface area (Å²) in [5.74, 6) is -3.20. The number of ketones is 1. The SMILES string of the molecule is CC1=C(CC/C(C)=C/CC/C(C)=C/CCC(CC(=O)O)C(=O)[O-])C(C)(C)CCC1.O=C1c2ccccc2-[n+]2ccc3c([nH]c4ccccc43)c21. The summed E-state index contributed by atoms with van der Waals surface area (Å²) >= 11 is 0. The number of hydrogen-bond donors (Lipinski definition) is 2. The van der Waals surface area contributed by atoms with E-state index in [0.717, 1.165) is 64.4 Å². The van der Waals surface area contributed by atoms with Gasteiger partial charge in [-0.15, -0.1) is 0 Å². The summed E-state index contributed by atoms with van der Waals surface area (Å²) in [6.45, 7) is 11.3. The van der Waals surface area contributed by atoms with E-state index < -0.39 is 17.9 Å². The summed E-state index contributed by atoms with van der Waals surface area (Å²) in [4.78, 5) is 37.8. The zero-order chi connectivity index (χ0) is 36.0. The predicted octanol–water partition coefficient (Wildman–Crippen LogP) is 8.73. The molecule has 0 fully saturated rings. The Morgan fingerprint density at radius 2 is 1.68 bits per heavy atom. The van der Waals surface area contributed by atoms with Crippen LogP contribution in [0.5, 0.6) is 0 Å². The van der Waals surface area contributed by atoms with Gasteiger partial charge in [-0.2, -0.15) is 4.57 Å². The van der Waals surface area contributed by atoms with Gasteiger partial charge in [0.15, 0.2) is 6.20 Å². The number of rotatable bonds is 12. The first-order valence-corrected chi connectivity index (χ1v) is 17.9. The number of carbonyl (C=O) groups is 3. The highest BCUT2D eigenvalue weighted by atomic mass is 16.4. The minimum Gasteiger partial charge on any atom is -0.550 e. The summed E-state index contributed by atoms with van der Waals surface area (Å²) < 4.78 is 1.98. The number of carboxylic acids is 2. The van der Waals surface area contributed by atoms with Gasteiger partial charge in [0.1, 0.15) is 11.1 Å². The van der Waals surface area contributed by atoms with Crippen LogP contribution in [0.25, 0.3) is 27.5 Å². The van der Waals surface area contributed by atoms with Gasteiger partial charge in [-0.25, -0.2) is 0 Å². The van der Waals surface area contributed by atoms with E-state index in [0.29, 0.717) is 18.3 Å². The number of carbonyl (C=O) groups excluding carboxylic acids is 2. The fourth-order valence-corrected chi connectivity index (χ4v) is 7.64. The molecule has 7 heteroatoms. The van der Waals surface area contributed by atoms with Crippen molar-refractivity contribution in [2.45, 2.75) is 98.8 Å². The average molecular weight is 675 g/mol. The highest BCUT2D eigenvalue weighted by molar-refractivity contribution is 6.20. The Balaban J connectivity index is 0.000000202. The third kappa shape index (κ3) is 8.32. The van der Waals surface area contributed by atoms with Crippen molar-refractivity contribution in [3.05, 3.63) is 106 Å². The van der Waals surface area contributed by atoms with Crippen LogP contribution in [0.1, 0.15) is 115 Å². The van der Waals surface area contributed by atoms with Crippen LogP contribution in [0, 0.1) is 11.3 Å². The maximum Gasteiger partial charge on any atom is 0.304 e. The molecule has 1 aliphatic heterocycles. The number of fused-ring (bicyclic) bond motifs is 7. The molecule has 0 amide bonds. The van der Waals surface area contributed by atoms with Crippen molar-refractivity contribution < 1.29 is 29.2 Å². The molecular weight excluding hydrogens is 624 g/mol. The molecule has 0 saturated heterocycles. The number of nitrogens with one attached hydrogen (secondary N) is 1. The lowest BCUT2D eigenvalue weighted by atomic mass is 9.71. The number of aromatic nitrogens is 2. The number of aromatic amines is 1. The molecule has 262 valence electrons. The minimum absolute atomic E-state index is 0.0859. The van der Waals surface area contributed by atoms with Crippen molar-refractivity contribution in [2.75, 3.05) is 0 Å². The molecule has 0 bridgehead atoms. The molecule has 0 radical (unpaired) electrons. The Labute approximate surface area is 295 Å². The van der Waals surface area contributed by atoms with Crippen LogP contribution >= 0.6 is 0 Å². The second-order valence-corrected chi connectivity index (χ2v) is 14.7. The van der Waals surface area contributed by atoms with Crippen molar-refractivity contribution in [3.63, 3.8) is 0 Å². The quantitative estimate of drug-likeness (QED) is 0.102. The summed E-state index contributed by atoms with van der Waals surface area (Å²) in [6, 6.07) is 18.0. The molecule has 2 aromatic carbocycles. The van der Waals surface area contributed by atoms with Gasteiger partial charge >= 0.3 is 5.97 Å². The van der Waals surface area contributed by atoms with Crippen molar-refractivity contribution >= 4 is 39.5 Å². The zero-order valence-electron chi connectivity index (χ0n) is 30.1. The number of hydrogen-bond acceptors (Lipinski definition) is 4. The van der Waals surface area contributed by atoms with E-state index in [2.05, 4.69) is 50.9 Å². The topological polar surface area (TPSA) is 114 Å². The number of nitrogens with zero attached hydrogens (tertiary/aromatic N) is 1. The van der Waals surface area contributed by atoms with Gasteiger partial charge in [0.25, 0.3) is 11.5 Å². The molecule has 1 atom stereocenters. The molecule has 6 rings (SSSR count). The van der Waals surface area contributed by atoms with E-state index in [9.17, 15) is 19.5 Å². The molecule has 2 N–H and O–H groups in total. The number of benzene rings is 2. The lowest BCUT2D eigenvalue weighted by molar-refractivity contribution is -0.592. The Morgan fingerprint density at radius 1 is 0.980 bits per heavy atom. The highest BCUT2D eigenvalue weighted by Gasteiger charge is 2.38. The molecule has 2 aromatic heterocycles. The first kappa shape index (κ1) is 36.5. The molecule has 0 saturated carbocycles. The van der Waals surface area contributed by atoms with Gasteiger partial charge in [-0.1, -0.05) is 78.6 Å². The second-order valence-electron chi connectivity index (χ2n) is 14.7. The second kappa shape index (κ2) is 15.8. The van der Waals surface area contributed by atoms with Crippen molar-refractivity contribution in [1.82, 2.24) is 4.98 Å². The van der Waals surface area contributed by atoms with Crippen molar-refractivity contribution in [3.8, 4) is 5.69 Å². The standard InChI is InChI=1S/C25H40O4.C18H10N2O/c1-18(11-7-13-21(24(28)29)17-23(26)27)9-6-10-19(2)14-15-22-20(3)12-8-16-25(22,4)5;21-18-13-6-2-4-8-15(13)20-10-9-12-11-5-1-3-7-14(11)19-16(12)17(18)20/h10-11,21H,6-9,12-17H2,1-5H3,(H,26,27)(H,28,29);1-10H/b18-11+,19-10+;. The number of carboxylic acid groups (broad SMARTS) is 2. The Bertz CT molecular complexity index is 2010. The lowest BCUT2D eigenvalue weighted by Gasteiger charge is -2.35. The first-order valence-electron chi connectivity index (χ1n) is 17.9. The zero-order valence-corrected chi connectivity index (χ0v) is 30.1. The number of pyridine rings is 1. The van der Waals surface area contributed by atoms with Crippen LogP contribution in [-0.4, -0.2) is 27.8 Å². The van der Waals surface area contributed by atoms with E-state index >= 15 is 0 Å². The molecule has 1 aliphatic carbocycles. The third-order valence-electron chi connectivity index (χ3n) is 10.5. The Hall–Kier alpha value is -4.78. The number of allylic oxidation sites excluding steroid dienone is 6. The molecule has 50 heavy (non-hydrogen) atoms. The largest absolute Gasteiger partial charge is 0.550 e. The summed E-state index contributed by atoms with van der Waals surface area (Å²) in [6.07, 6.45) is 14.9. The van der Waals surface area contributed by atoms with Crippen LogP contribution in [-0.2, 0) is 9.59 Å². The molecule has 2 aliphatic rings. The lowest BCUT2D eigenvalue weighted by Crippen LogP contribution is -2.32. The van der Waals surface area contributed by atoms with Crippen LogP contribution in [0.3, 0.4) is 0 Å². The average Bonchev–Trinajstić information content (AvgIpc) is 3.59. The molecule has 7 nitrogen and oxygen atoms in total. The monoisotopic (exact) mass is 674 g/mol. The maximum atomic E-state index is 12.7. The van der Waals surface area contributed by atoms with Gasteiger partial charge in [-0.05, 0) is 96.1 Å². The first-order chi connectivity index (χ1) is 23.9. The molecule has 3 heterocycles. The highest BCUT2D eigenvalue weighted by Crippen LogP contribution is 2.42. The number of aliphatic carboxylic acids is 2. The summed E-state index contributed by atoms with van der Waals surface area (Å²) in [5.41, 5.74) is 10.6. The van der Waals surface area contributed by atoms with Crippen LogP contribution in [0.4, 0.5) is 0 Å². The van der Waals surface area contributed by atoms with E-state index in [1.807, 2.05) is 66.2 Å². The fourth-order valence-electron chi connectivity index (χ4n) is 7.64. The normalized spacial score (nSPS) is 16.2. The smallest absolute Gasteiger partial charge is 0.304 e. The minimum atomic E-state index is -1.27. The molecule has 4 aromatic rings. The van der Waals surface area contributed by atoms with Gasteiger partial charge in [0, 0.05) is 40.3 Å². The van der Waals surface area contributed by atoms with E-state index in [4.69, 9.17) is 5.11 Å². The third-order valence-corrected chi connectivity index (χ3v) is 10.5. The molecule has 0 spiro atoms. The van der Waals surface area contributed by atoms with E-state index in [1.54, 1.807) is 11.1 Å². The Kier molecular flexibility index (Phi) is 11.6. The molecule has 1 unspecified atom stereocenters. The van der Waals surface area contributed by atoms with Crippen molar-refractivity contribution in [2.24, 2.45) is 11.3 Å². The predicted molar refractivity (Wildman–Crippen MR) is 197 cm³/mol. The van der Waals surface area contributed by atoms with Gasteiger partial charge in [0.05, 0.1) is 6.42 Å². The van der Waals surface area contributed by atoms with E-state index in [-0.39, 0.29) is 12.2 Å². The van der Waals surface area contributed by atoms with Gasteiger partial charge < -0.3 is 20.0 Å². The van der Waals surface area contributed by atoms with Crippen LogP contribution < -0.4 is 9.67 Å². The molecular formula is C43H50N2O5. The number of H-pyrrole nitrogens is 1. The van der Waals surface area contributed by atoms with Gasteiger partial charge in [-0.3, -0.25) is 9.59 Å². The van der Waals surface area contributed by atoms with Gasteiger partial charge in [0.2, 0.25) is 5.69 Å². The summed E-state index contributed by atoms with van der Waals surface area (Å²) in [5, 5.41) is 22.0. The maximum absolute atomic E-state index is 12.7. The summed E-state index contributed by atoms with van der Waals surface area (Å²) in [7, 11) is 0. The van der Waals surface area contributed by atoms with Crippen molar-refractivity contribution in [1.29, 1.82) is 0 Å². The van der Waals surface area contributed by atoms with E-state index in [1.165, 1.54) is 30.4 Å². The van der Waals surface area contributed by atoms with Crippen LogP contribution in [0.2, 0.25) is 0 Å².